The van der Waals surface area contributed by atoms with Gasteiger partial charge in [0.1, 0.15) is 6.04 Å². The number of rotatable bonds is 6. The maximum Gasteiger partial charge on any atom is 0.320 e. The van der Waals surface area contributed by atoms with Crippen molar-refractivity contribution in [3.63, 3.8) is 0 Å². The number of hydrogen-bond acceptors (Lipinski definition) is 2. The summed E-state index contributed by atoms with van der Waals surface area (Å²) in [7, 11) is 0. The molecule has 1 aliphatic carbocycles. The van der Waals surface area contributed by atoms with Crippen molar-refractivity contribution in [2.75, 3.05) is 0 Å². The van der Waals surface area contributed by atoms with Gasteiger partial charge in [-0.1, -0.05) is 13.3 Å². The van der Waals surface area contributed by atoms with Gasteiger partial charge in [0, 0.05) is 6.04 Å². The second kappa shape index (κ2) is 4.61. The lowest BCUT2D eigenvalue weighted by atomic mass is 10.1. The van der Waals surface area contributed by atoms with Gasteiger partial charge in [-0.2, -0.15) is 0 Å². The monoisotopic (exact) mass is 185 g/mol. The van der Waals surface area contributed by atoms with Gasteiger partial charge in [0.25, 0.3) is 0 Å². The topological polar surface area (TPSA) is 49.3 Å². The van der Waals surface area contributed by atoms with Crippen molar-refractivity contribution < 1.29 is 9.90 Å². The lowest BCUT2D eigenvalue weighted by Gasteiger charge is -2.19. The van der Waals surface area contributed by atoms with E-state index in [4.69, 9.17) is 5.11 Å². The van der Waals surface area contributed by atoms with E-state index < -0.39 is 5.97 Å². The molecule has 2 unspecified atom stereocenters. The summed E-state index contributed by atoms with van der Waals surface area (Å²) in [4.78, 5) is 10.9. The van der Waals surface area contributed by atoms with Crippen molar-refractivity contribution in [1.29, 1.82) is 0 Å². The van der Waals surface area contributed by atoms with Gasteiger partial charge in [0.15, 0.2) is 0 Å². The van der Waals surface area contributed by atoms with Crippen LogP contribution in [0.3, 0.4) is 0 Å². The molecule has 0 aromatic rings. The Morgan fingerprint density at radius 3 is 2.62 bits per heavy atom. The third-order valence-corrected chi connectivity index (χ3v) is 2.55. The summed E-state index contributed by atoms with van der Waals surface area (Å²) in [6.07, 6.45) is 4.30. The van der Waals surface area contributed by atoms with E-state index in [1.54, 1.807) is 0 Å². The van der Waals surface area contributed by atoms with Crippen LogP contribution in [-0.4, -0.2) is 23.2 Å². The van der Waals surface area contributed by atoms with Crippen LogP contribution in [0, 0.1) is 5.92 Å². The zero-order valence-corrected chi connectivity index (χ0v) is 8.42. The second-order valence-corrected chi connectivity index (χ2v) is 4.01. The number of carbonyl (C=O) groups is 1. The summed E-state index contributed by atoms with van der Waals surface area (Å²) in [5, 5.41) is 12.1. The predicted octanol–water partition coefficient (Wildman–Crippen LogP) is 1.63. The molecule has 0 heterocycles. The van der Waals surface area contributed by atoms with E-state index in [0.717, 1.165) is 25.7 Å². The molecular formula is C10H19NO2. The van der Waals surface area contributed by atoms with Crippen molar-refractivity contribution in [3.8, 4) is 0 Å². The van der Waals surface area contributed by atoms with Gasteiger partial charge < -0.3 is 10.4 Å². The van der Waals surface area contributed by atoms with Crippen LogP contribution in [0.1, 0.15) is 39.5 Å². The predicted molar refractivity (Wildman–Crippen MR) is 51.7 cm³/mol. The van der Waals surface area contributed by atoms with Crippen molar-refractivity contribution in [2.45, 2.75) is 51.6 Å². The van der Waals surface area contributed by atoms with Gasteiger partial charge in [-0.15, -0.1) is 0 Å². The molecule has 3 nitrogen and oxygen atoms in total. The van der Waals surface area contributed by atoms with Crippen molar-refractivity contribution in [2.24, 2.45) is 5.92 Å². The maximum absolute atomic E-state index is 10.9. The summed E-state index contributed by atoms with van der Waals surface area (Å²) in [6, 6.07) is 0.0215. The second-order valence-electron chi connectivity index (χ2n) is 4.01. The highest BCUT2D eigenvalue weighted by Gasteiger charge is 2.36. The Morgan fingerprint density at radius 1 is 1.62 bits per heavy atom. The van der Waals surface area contributed by atoms with E-state index in [2.05, 4.69) is 19.2 Å². The van der Waals surface area contributed by atoms with Crippen molar-refractivity contribution in [1.82, 2.24) is 5.32 Å². The number of nitrogens with one attached hydrogen (secondary N) is 1. The Balaban J connectivity index is 2.33. The first kappa shape index (κ1) is 10.5. The molecule has 13 heavy (non-hydrogen) atoms. The highest BCUT2D eigenvalue weighted by atomic mass is 16.4. The van der Waals surface area contributed by atoms with Crippen LogP contribution < -0.4 is 5.32 Å². The smallest absolute Gasteiger partial charge is 0.320 e. The van der Waals surface area contributed by atoms with Gasteiger partial charge in [-0.3, -0.25) is 4.79 Å². The Morgan fingerprint density at radius 2 is 2.23 bits per heavy atom. The third-order valence-electron chi connectivity index (χ3n) is 2.55. The lowest BCUT2D eigenvalue weighted by Crippen LogP contribution is -2.43. The Kier molecular flexibility index (Phi) is 3.72. The first-order valence-electron chi connectivity index (χ1n) is 5.14. The first-order chi connectivity index (χ1) is 6.15. The van der Waals surface area contributed by atoms with Crippen LogP contribution in [-0.2, 0) is 4.79 Å². The molecule has 1 rings (SSSR count). The fourth-order valence-electron chi connectivity index (χ4n) is 1.66. The Bertz CT molecular complexity index is 178. The molecule has 0 radical (unpaired) electrons. The summed E-state index contributed by atoms with van der Waals surface area (Å²) < 4.78 is 0. The van der Waals surface area contributed by atoms with Crippen LogP contribution in [0.15, 0.2) is 0 Å². The van der Waals surface area contributed by atoms with Crippen molar-refractivity contribution in [3.05, 3.63) is 0 Å². The molecule has 1 fully saturated rings. The zero-order valence-electron chi connectivity index (χ0n) is 8.42. The number of carboxylic acids is 1. The van der Waals surface area contributed by atoms with Crippen LogP contribution in [0.25, 0.3) is 0 Å². The molecule has 2 N–H and O–H groups in total. The highest BCUT2D eigenvalue weighted by molar-refractivity contribution is 5.74. The van der Waals surface area contributed by atoms with Crippen LogP contribution >= 0.6 is 0 Å². The SMILES string of the molecule is CCCC(C)NC(C(=O)O)C1CC1. The van der Waals surface area contributed by atoms with Gasteiger partial charge in [-0.05, 0) is 32.1 Å². The zero-order chi connectivity index (χ0) is 9.84. The van der Waals surface area contributed by atoms with Gasteiger partial charge >= 0.3 is 5.97 Å². The number of carboxylic acid groups (broad SMARTS) is 1. The van der Waals surface area contributed by atoms with Gasteiger partial charge in [0.2, 0.25) is 0 Å². The van der Waals surface area contributed by atoms with Crippen LogP contribution in [0.5, 0.6) is 0 Å². The van der Waals surface area contributed by atoms with Gasteiger partial charge in [-0.25, -0.2) is 0 Å². The van der Waals surface area contributed by atoms with Crippen molar-refractivity contribution >= 4 is 5.97 Å². The fraction of sp³-hybridized carbons (Fsp3) is 0.900. The molecule has 0 spiro atoms. The molecule has 0 amide bonds. The molecule has 0 saturated heterocycles. The largest absolute Gasteiger partial charge is 0.480 e. The average molecular weight is 185 g/mol. The summed E-state index contributed by atoms with van der Waals surface area (Å²) in [5.74, 6) is -0.303. The van der Waals surface area contributed by atoms with E-state index in [9.17, 15) is 4.79 Å². The Hall–Kier alpha value is -0.570. The summed E-state index contributed by atoms with van der Waals surface area (Å²) in [5.41, 5.74) is 0. The normalized spacial score (nSPS) is 21.1. The molecule has 1 saturated carbocycles. The lowest BCUT2D eigenvalue weighted by molar-refractivity contribution is -0.140. The molecule has 3 heteroatoms. The van der Waals surface area contributed by atoms with E-state index in [1.165, 1.54) is 0 Å². The third kappa shape index (κ3) is 3.35. The minimum atomic E-state index is -0.689. The summed E-state index contributed by atoms with van der Waals surface area (Å²) in [6.45, 7) is 4.17. The van der Waals surface area contributed by atoms with Gasteiger partial charge in [0.05, 0.1) is 0 Å². The molecule has 0 aromatic heterocycles. The molecule has 0 aromatic carbocycles. The van der Waals surface area contributed by atoms with E-state index in [1.807, 2.05) is 0 Å². The Labute approximate surface area is 79.5 Å². The molecule has 2 atom stereocenters. The number of hydrogen-bond donors (Lipinski definition) is 2. The first-order valence-corrected chi connectivity index (χ1v) is 5.14. The van der Waals surface area contributed by atoms with E-state index >= 15 is 0 Å². The number of aliphatic carboxylic acids is 1. The van der Waals surface area contributed by atoms with E-state index in [0.29, 0.717) is 12.0 Å². The highest BCUT2D eigenvalue weighted by Crippen LogP contribution is 2.33. The van der Waals surface area contributed by atoms with E-state index in [-0.39, 0.29) is 6.04 Å². The minimum absolute atomic E-state index is 0.304. The standard InChI is InChI=1S/C10H19NO2/c1-3-4-7(2)11-9(10(12)13)8-5-6-8/h7-9,11H,3-6H2,1-2H3,(H,12,13). The summed E-state index contributed by atoms with van der Waals surface area (Å²) >= 11 is 0. The van der Waals surface area contributed by atoms with Crippen LogP contribution in [0.2, 0.25) is 0 Å². The minimum Gasteiger partial charge on any atom is -0.480 e. The molecule has 1 aliphatic rings. The quantitative estimate of drug-likeness (QED) is 0.661. The molecule has 76 valence electrons. The van der Waals surface area contributed by atoms with Crippen LogP contribution in [0.4, 0.5) is 0 Å². The molecular weight excluding hydrogens is 166 g/mol. The molecule has 0 bridgehead atoms. The molecule has 0 aliphatic heterocycles. The maximum atomic E-state index is 10.9. The average Bonchev–Trinajstić information content (AvgIpc) is 2.82. The fourth-order valence-corrected chi connectivity index (χ4v) is 1.66.